The third-order valence-corrected chi connectivity index (χ3v) is 4.81. The van der Waals surface area contributed by atoms with Crippen LogP contribution in [0.5, 0.6) is 0 Å². The summed E-state index contributed by atoms with van der Waals surface area (Å²) < 4.78 is 27.0. The van der Waals surface area contributed by atoms with E-state index in [4.69, 9.17) is 0 Å². The number of carbonyl (C=O) groups is 1. The predicted molar refractivity (Wildman–Crippen MR) is 88.1 cm³/mol. The van der Waals surface area contributed by atoms with E-state index in [2.05, 4.69) is 26.0 Å². The summed E-state index contributed by atoms with van der Waals surface area (Å²) in [4.78, 5) is 11.1. The number of halogens is 1. The van der Waals surface area contributed by atoms with Gasteiger partial charge in [-0.1, -0.05) is 29.8 Å². The molecule has 0 atom stereocenters. The van der Waals surface area contributed by atoms with Gasteiger partial charge < -0.3 is 5.32 Å². The van der Waals surface area contributed by atoms with Gasteiger partial charge >= 0.3 is 0 Å². The van der Waals surface area contributed by atoms with Gasteiger partial charge in [0.2, 0.25) is 15.9 Å². The standard InChI is InChI=1S/C14H21BrN2O3S/c1-11(18)17-12-4-6-13(7-5-12)21(19,20)16-10-14(2,3)8-9-15/h4-7,16H,8-10H2,1-3H3,(H,17,18). The summed E-state index contributed by atoms with van der Waals surface area (Å²) >= 11 is 3.37. The van der Waals surface area contributed by atoms with Gasteiger partial charge in [0, 0.05) is 24.5 Å². The molecule has 0 bridgehead atoms. The van der Waals surface area contributed by atoms with Crippen LogP contribution in [-0.2, 0) is 14.8 Å². The molecule has 1 aromatic rings. The van der Waals surface area contributed by atoms with Crippen LogP contribution in [0, 0.1) is 5.41 Å². The Morgan fingerprint density at radius 3 is 2.29 bits per heavy atom. The zero-order valence-electron chi connectivity index (χ0n) is 12.4. The molecule has 0 fully saturated rings. The van der Waals surface area contributed by atoms with Crippen LogP contribution in [-0.4, -0.2) is 26.2 Å². The molecule has 0 spiro atoms. The SMILES string of the molecule is CC(=O)Nc1ccc(S(=O)(=O)NCC(C)(C)CCBr)cc1. The second-order valence-electron chi connectivity index (χ2n) is 5.63. The first-order chi connectivity index (χ1) is 9.66. The van der Waals surface area contributed by atoms with E-state index >= 15 is 0 Å². The number of benzene rings is 1. The molecule has 1 amide bonds. The van der Waals surface area contributed by atoms with E-state index < -0.39 is 10.0 Å². The van der Waals surface area contributed by atoms with Gasteiger partial charge in [0.1, 0.15) is 0 Å². The fourth-order valence-corrected chi connectivity index (χ4v) is 3.95. The van der Waals surface area contributed by atoms with Crippen molar-refractivity contribution in [2.24, 2.45) is 5.41 Å². The summed E-state index contributed by atoms with van der Waals surface area (Å²) in [5, 5.41) is 3.42. The van der Waals surface area contributed by atoms with Crippen LogP contribution >= 0.6 is 15.9 Å². The molecule has 0 heterocycles. The Bertz CT molecular complexity index is 583. The molecule has 21 heavy (non-hydrogen) atoms. The fourth-order valence-electron chi connectivity index (χ4n) is 1.64. The van der Waals surface area contributed by atoms with Crippen molar-refractivity contribution in [3.63, 3.8) is 0 Å². The second-order valence-corrected chi connectivity index (χ2v) is 8.19. The molecule has 118 valence electrons. The van der Waals surface area contributed by atoms with E-state index in [0.717, 1.165) is 11.8 Å². The number of anilines is 1. The van der Waals surface area contributed by atoms with Crippen LogP contribution in [0.25, 0.3) is 0 Å². The van der Waals surface area contributed by atoms with Crippen molar-refractivity contribution in [1.29, 1.82) is 0 Å². The Morgan fingerprint density at radius 2 is 1.81 bits per heavy atom. The lowest BCUT2D eigenvalue weighted by molar-refractivity contribution is -0.114. The van der Waals surface area contributed by atoms with Gasteiger partial charge in [-0.25, -0.2) is 13.1 Å². The average Bonchev–Trinajstić information content (AvgIpc) is 2.37. The highest BCUT2D eigenvalue weighted by atomic mass is 79.9. The second kappa shape index (κ2) is 7.38. The molecule has 0 aromatic heterocycles. The summed E-state index contributed by atoms with van der Waals surface area (Å²) in [7, 11) is -3.54. The van der Waals surface area contributed by atoms with E-state index in [1.165, 1.54) is 19.1 Å². The minimum absolute atomic E-state index is 0.118. The molecule has 1 aromatic carbocycles. The molecule has 0 saturated carbocycles. The minimum Gasteiger partial charge on any atom is -0.326 e. The molecule has 2 N–H and O–H groups in total. The van der Waals surface area contributed by atoms with Gasteiger partial charge in [-0.15, -0.1) is 0 Å². The van der Waals surface area contributed by atoms with E-state index in [1.807, 2.05) is 13.8 Å². The number of hydrogen-bond donors (Lipinski definition) is 2. The zero-order valence-corrected chi connectivity index (χ0v) is 14.8. The summed E-state index contributed by atoms with van der Waals surface area (Å²) in [6.07, 6.45) is 0.872. The molecule has 0 saturated heterocycles. The number of rotatable bonds is 7. The zero-order chi connectivity index (χ0) is 16.1. The van der Waals surface area contributed by atoms with E-state index in [-0.39, 0.29) is 16.2 Å². The van der Waals surface area contributed by atoms with Gasteiger partial charge in [-0.2, -0.15) is 0 Å². The summed E-state index contributed by atoms with van der Waals surface area (Å²) in [6.45, 7) is 5.79. The molecule has 0 radical (unpaired) electrons. The third kappa shape index (κ3) is 6.15. The van der Waals surface area contributed by atoms with Gasteiger partial charge in [0.15, 0.2) is 0 Å². The molecule has 1 rings (SSSR count). The predicted octanol–water partition coefficient (Wildman–Crippen LogP) is 2.73. The summed E-state index contributed by atoms with van der Waals surface area (Å²) in [5.41, 5.74) is 0.452. The van der Waals surface area contributed by atoms with Crippen molar-refractivity contribution >= 4 is 37.5 Å². The Labute approximate surface area is 134 Å². The first-order valence-electron chi connectivity index (χ1n) is 6.59. The number of carbonyl (C=O) groups excluding carboxylic acids is 1. The highest BCUT2D eigenvalue weighted by Gasteiger charge is 2.21. The quantitative estimate of drug-likeness (QED) is 0.718. The lowest BCUT2D eigenvalue weighted by Crippen LogP contribution is -2.34. The molecule has 5 nitrogen and oxygen atoms in total. The van der Waals surface area contributed by atoms with Crippen LogP contribution in [0.3, 0.4) is 0 Å². The topological polar surface area (TPSA) is 75.3 Å². The lowest BCUT2D eigenvalue weighted by Gasteiger charge is -2.23. The van der Waals surface area contributed by atoms with Crippen molar-refractivity contribution in [2.75, 3.05) is 17.2 Å². The van der Waals surface area contributed by atoms with Crippen LogP contribution in [0.1, 0.15) is 27.2 Å². The van der Waals surface area contributed by atoms with Crippen LogP contribution < -0.4 is 10.0 Å². The first-order valence-corrected chi connectivity index (χ1v) is 9.20. The molecule has 0 aliphatic carbocycles. The van der Waals surface area contributed by atoms with Crippen molar-refractivity contribution in [2.45, 2.75) is 32.1 Å². The number of nitrogens with one attached hydrogen (secondary N) is 2. The summed E-state index contributed by atoms with van der Waals surface area (Å²) in [6, 6.07) is 6.09. The van der Waals surface area contributed by atoms with Crippen LogP contribution in [0.15, 0.2) is 29.2 Å². The third-order valence-electron chi connectivity index (χ3n) is 3.00. The maximum Gasteiger partial charge on any atom is 0.240 e. The smallest absolute Gasteiger partial charge is 0.240 e. The van der Waals surface area contributed by atoms with Crippen molar-refractivity contribution in [1.82, 2.24) is 4.72 Å². The number of hydrogen-bond acceptors (Lipinski definition) is 3. The van der Waals surface area contributed by atoms with E-state index in [0.29, 0.717) is 12.2 Å². The van der Waals surface area contributed by atoms with Crippen molar-refractivity contribution < 1.29 is 13.2 Å². The van der Waals surface area contributed by atoms with E-state index in [9.17, 15) is 13.2 Å². The number of amides is 1. The van der Waals surface area contributed by atoms with Crippen molar-refractivity contribution in [3.8, 4) is 0 Å². The Kier molecular flexibility index (Phi) is 6.37. The Morgan fingerprint density at radius 1 is 1.24 bits per heavy atom. The van der Waals surface area contributed by atoms with E-state index in [1.54, 1.807) is 12.1 Å². The molecule has 7 heteroatoms. The maximum atomic E-state index is 12.2. The number of alkyl halides is 1. The molecule has 0 aliphatic heterocycles. The van der Waals surface area contributed by atoms with Crippen molar-refractivity contribution in [3.05, 3.63) is 24.3 Å². The molecular formula is C14H21BrN2O3S. The largest absolute Gasteiger partial charge is 0.326 e. The fraction of sp³-hybridized carbons (Fsp3) is 0.500. The Hall–Kier alpha value is -0.920. The highest BCUT2D eigenvalue weighted by molar-refractivity contribution is 9.09. The summed E-state index contributed by atoms with van der Waals surface area (Å²) in [5.74, 6) is -0.194. The number of sulfonamides is 1. The molecular weight excluding hydrogens is 356 g/mol. The average molecular weight is 377 g/mol. The van der Waals surface area contributed by atoms with Gasteiger partial charge in [0.25, 0.3) is 0 Å². The normalized spacial score (nSPS) is 12.2. The van der Waals surface area contributed by atoms with Gasteiger partial charge in [-0.05, 0) is 36.1 Å². The minimum atomic E-state index is -3.54. The Balaban J connectivity index is 2.76. The maximum absolute atomic E-state index is 12.2. The lowest BCUT2D eigenvalue weighted by atomic mass is 9.91. The van der Waals surface area contributed by atoms with Crippen LogP contribution in [0.2, 0.25) is 0 Å². The first kappa shape index (κ1) is 18.1. The molecule has 0 aliphatic rings. The van der Waals surface area contributed by atoms with Gasteiger partial charge in [-0.3, -0.25) is 4.79 Å². The van der Waals surface area contributed by atoms with Crippen LogP contribution in [0.4, 0.5) is 5.69 Å². The molecule has 0 unspecified atom stereocenters. The van der Waals surface area contributed by atoms with Gasteiger partial charge in [0.05, 0.1) is 4.90 Å². The monoisotopic (exact) mass is 376 g/mol. The highest BCUT2D eigenvalue weighted by Crippen LogP contribution is 2.21.